The zero-order valence-corrected chi connectivity index (χ0v) is 15.6. The number of fused-ring (bicyclic) bond motifs is 1. The number of amides is 1. The van der Waals surface area contributed by atoms with Crippen molar-refractivity contribution in [3.05, 3.63) is 46.9 Å². The van der Waals surface area contributed by atoms with E-state index in [1.807, 2.05) is 0 Å². The summed E-state index contributed by atoms with van der Waals surface area (Å²) < 4.78 is 47.4. The molecule has 1 aliphatic heterocycles. The minimum atomic E-state index is -1.51. The van der Waals surface area contributed by atoms with Crippen LogP contribution in [0.4, 0.5) is 13.2 Å². The normalized spacial score (nSPS) is 22.7. The number of benzene rings is 1. The number of hydrogen-bond donors (Lipinski definition) is 3. The molecule has 29 heavy (non-hydrogen) atoms. The largest absolute Gasteiger partial charge is 0.489 e. The Kier molecular flexibility index (Phi) is 4.36. The maximum absolute atomic E-state index is 14.5. The van der Waals surface area contributed by atoms with E-state index in [1.54, 1.807) is 6.92 Å². The number of nitrogens with two attached hydrogens (primary N) is 2. The lowest BCUT2D eigenvalue weighted by molar-refractivity contribution is -0.123. The van der Waals surface area contributed by atoms with Gasteiger partial charge in [0.2, 0.25) is 5.91 Å². The minimum Gasteiger partial charge on any atom is -0.489 e. The molecule has 9 heteroatoms. The molecule has 1 saturated carbocycles. The molecule has 2 atom stereocenters. The predicted molar refractivity (Wildman–Crippen MR) is 97.3 cm³/mol. The topological polar surface area (TPSA) is 111 Å². The van der Waals surface area contributed by atoms with E-state index in [4.69, 9.17) is 16.2 Å². The van der Waals surface area contributed by atoms with Crippen molar-refractivity contribution in [3.8, 4) is 17.0 Å². The van der Waals surface area contributed by atoms with E-state index in [2.05, 4.69) is 4.98 Å². The summed E-state index contributed by atoms with van der Waals surface area (Å²) in [6.45, 7) is 1.26. The summed E-state index contributed by atoms with van der Waals surface area (Å²) in [5.41, 5.74) is 8.50. The van der Waals surface area contributed by atoms with E-state index >= 15 is 0 Å². The third kappa shape index (κ3) is 2.87. The van der Waals surface area contributed by atoms with Crippen LogP contribution in [0.1, 0.15) is 31.0 Å². The van der Waals surface area contributed by atoms with Crippen LogP contribution in [-0.4, -0.2) is 29.1 Å². The number of carbonyl (C=O) groups is 1. The number of nitrogens with zero attached hydrogens (tertiary/aromatic N) is 1. The molecule has 1 fully saturated rings. The molecule has 1 aromatic heterocycles. The van der Waals surface area contributed by atoms with E-state index in [0.717, 1.165) is 12.8 Å². The summed E-state index contributed by atoms with van der Waals surface area (Å²) >= 11 is 0. The molecule has 154 valence electrons. The molecule has 2 heterocycles. The Morgan fingerprint density at radius 2 is 1.93 bits per heavy atom. The number of aromatic nitrogens is 1. The Labute approximate surface area is 164 Å². The highest BCUT2D eigenvalue weighted by molar-refractivity contribution is 5.90. The van der Waals surface area contributed by atoms with Crippen LogP contribution in [0.15, 0.2) is 18.2 Å². The lowest BCUT2D eigenvalue weighted by atomic mass is 9.81. The standard InChI is InChI=1S/C20H20F3N3O3/c1-19(18(25)27)8-29-17-11(19)5-15(20(28,7-24)9-2-3-9)26-16(17)10-4-13(22)14(23)6-12(10)21/h4-6,9,28H,2-3,7-8,24H2,1H3,(H2,25,27)/t19-,20+/m0/s1. The Hall–Kier alpha value is -2.65. The fourth-order valence-corrected chi connectivity index (χ4v) is 3.74. The van der Waals surface area contributed by atoms with E-state index in [0.29, 0.717) is 17.7 Å². The van der Waals surface area contributed by atoms with Gasteiger partial charge in [0, 0.05) is 23.7 Å². The van der Waals surface area contributed by atoms with Crippen LogP contribution in [0.25, 0.3) is 11.3 Å². The van der Waals surface area contributed by atoms with E-state index in [-0.39, 0.29) is 41.8 Å². The van der Waals surface area contributed by atoms with E-state index in [1.165, 1.54) is 6.07 Å². The molecular formula is C20H20F3N3O3. The zero-order chi connectivity index (χ0) is 21.1. The van der Waals surface area contributed by atoms with Crippen molar-refractivity contribution in [3.63, 3.8) is 0 Å². The summed E-state index contributed by atoms with van der Waals surface area (Å²) in [5.74, 6) is -4.48. The molecule has 1 amide bonds. The number of ether oxygens (including phenoxy) is 1. The van der Waals surface area contributed by atoms with Crippen molar-refractivity contribution in [2.75, 3.05) is 13.2 Å². The van der Waals surface area contributed by atoms with Gasteiger partial charge in [0.1, 0.15) is 34.9 Å². The number of halogens is 3. The highest BCUT2D eigenvalue weighted by Gasteiger charge is 2.49. The molecule has 5 N–H and O–H groups in total. The van der Waals surface area contributed by atoms with E-state index in [9.17, 15) is 23.1 Å². The molecule has 0 radical (unpaired) electrons. The molecule has 2 aromatic rings. The van der Waals surface area contributed by atoms with Crippen LogP contribution in [0.3, 0.4) is 0 Å². The van der Waals surface area contributed by atoms with Crippen LogP contribution >= 0.6 is 0 Å². The summed E-state index contributed by atoms with van der Waals surface area (Å²) in [5, 5.41) is 11.1. The average Bonchev–Trinajstić information content (AvgIpc) is 3.48. The van der Waals surface area contributed by atoms with Crippen molar-refractivity contribution >= 4 is 5.91 Å². The van der Waals surface area contributed by atoms with Crippen molar-refractivity contribution < 1.29 is 27.8 Å². The van der Waals surface area contributed by atoms with Gasteiger partial charge in [-0.25, -0.2) is 18.2 Å². The molecule has 0 spiro atoms. The number of aliphatic hydroxyl groups is 1. The van der Waals surface area contributed by atoms with E-state index < -0.39 is 34.4 Å². The third-order valence-electron chi connectivity index (χ3n) is 5.89. The number of rotatable bonds is 5. The van der Waals surface area contributed by atoms with Crippen molar-refractivity contribution in [1.82, 2.24) is 4.98 Å². The smallest absolute Gasteiger partial charge is 0.231 e. The Balaban J connectivity index is 2.02. The summed E-state index contributed by atoms with van der Waals surface area (Å²) in [4.78, 5) is 16.5. The summed E-state index contributed by atoms with van der Waals surface area (Å²) in [6, 6.07) is 2.56. The van der Waals surface area contributed by atoms with Crippen molar-refractivity contribution in [2.45, 2.75) is 30.8 Å². The van der Waals surface area contributed by atoms with Crippen LogP contribution in [0, 0.1) is 23.4 Å². The van der Waals surface area contributed by atoms with Crippen LogP contribution in [0.2, 0.25) is 0 Å². The fourth-order valence-electron chi connectivity index (χ4n) is 3.74. The maximum Gasteiger partial charge on any atom is 0.231 e. The molecule has 1 aliphatic carbocycles. The number of primary amides is 1. The second kappa shape index (κ2) is 6.43. The van der Waals surface area contributed by atoms with Gasteiger partial charge >= 0.3 is 0 Å². The Morgan fingerprint density at radius 3 is 2.52 bits per heavy atom. The SMILES string of the molecule is C[C@]1(C(N)=O)COc2c1cc([C@@](O)(CN)C1CC1)nc2-c1cc(F)c(F)cc1F. The van der Waals surface area contributed by atoms with Gasteiger partial charge in [0.05, 0.1) is 5.69 Å². The molecule has 1 aromatic carbocycles. The monoisotopic (exact) mass is 407 g/mol. The van der Waals surface area contributed by atoms with Gasteiger partial charge in [0.25, 0.3) is 0 Å². The van der Waals surface area contributed by atoms with Gasteiger partial charge < -0.3 is 21.3 Å². The predicted octanol–water partition coefficient (Wildman–Crippen LogP) is 1.86. The molecule has 2 aliphatic rings. The van der Waals surface area contributed by atoms with Crippen LogP contribution < -0.4 is 16.2 Å². The Morgan fingerprint density at radius 1 is 1.28 bits per heavy atom. The minimum absolute atomic E-state index is 0.0372. The first-order valence-corrected chi connectivity index (χ1v) is 9.18. The second-order valence-electron chi connectivity index (χ2n) is 7.87. The quantitative estimate of drug-likeness (QED) is 0.655. The van der Waals surface area contributed by atoms with Crippen LogP contribution in [0.5, 0.6) is 5.75 Å². The average molecular weight is 407 g/mol. The zero-order valence-electron chi connectivity index (χ0n) is 15.6. The second-order valence-corrected chi connectivity index (χ2v) is 7.87. The van der Waals surface area contributed by atoms with Gasteiger partial charge in [-0.3, -0.25) is 4.79 Å². The van der Waals surface area contributed by atoms with Crippen LogP contribution in [-0.2, 0) is 15.8 Å². The Bertz CT molecular complexity index is 1030. The van der Waals surface area contributed by atoms with Gasteiger partial charge in [-0.1, -0.05) is 0 Å². The van der Waals surface area contributed by atoms with Crippen molar-refractivity contribution in [1.29, 1.82) is 0 Å². The molecule has 0 unspecified atom stereocenters. The lowest BCUT2D eigenvalue weighted by Crippen LogP contribution is -2.41. The summed E-state index contributed by atoms with van der Waals surface area (Å²) in [7, 11) is 0. The summed E-state index contributed by atoms with van der Waals surface area (Å²) in [6.07, 6.45) is 1.45. The molecule has 4 rings (SSSR count). The van der Waals surface area contributed by atoms with Gasteiger partial charge in [-0.05, 0) is 37.8 Å². The highest BCUT2D eigenvalue weighted by atomic mass is 19.2. The molecular weight excluding hydrogens is 387 g/mol. The van der Waals surface area contributed by atoms with Gasteiger partial charge in [0.15, 0.2) is 11.6 Å². The van der Waals surface area contributed by atoms with Crippen molar-refractivity contribution in [2.24, 2.45) is 17.4 Å². The highest BCUT2D eigenvalue weighted by Crippen LogP contribution is 2.50. The fraction of sp³-hybridized carbons (Fsp3) is 0.400. The molecule has 6 nitrogen and oxygen atoms in total. The first-order chi connectivity index (χ1) is 13.6. The number of pyridine rings is 1. The first kappa shape index (κ1) is 19.7. The number of carbonyl (C=O) groups excluding carboxylic acids is 1. The van der Waals surface area contributed by atoms with Gasteiger partial charge in [-0.15, -0.1) is 0 Å². The lowest BCUT2D eigenvalue weighted by Gasteiger charge is -2.28. The van der Waals surface area contributed by atoms with Gasteiger partial charge in [-0.2, -0.15) is 0 Å². The maximum atomic E-state index is 14.5. The number of hydrogen-bond acceptors (Lipinski definition) is 5. The molecule has 0 bridgehead atoms. The molecule has 0 saturated heterocycles. The first-order valence-electron chi connectivity index (χ1n) is 9.18. The third-order valence-corrected chi connectivity index (χ3v) is 5.89.